The summed E-state index contributed by atoms with van der Waals surface area (Å²) < 4.78 is 15.1. The standard InChI is InChI=1S/C22H25FN2O/c1-3-4-5-21(26)19-11-6-16-12-20-15(13-22(16,19)2)14-24-25(20)18-9-7-17(23)8-10-18/h3,7-10,12,14,19,21,26H,1,4-6,11,13H2,2H3/t19-,21+,22+/m1/s1. The second-order valence-electron chi connectivity index (χ2n) is 7.79. The van der Waals surface area contributed by atoms with Crippen LogP contribution in [-0.2, 0) is 6.42 Å². The van der Waals surface area contributed by atoms with E-state index in [9.17, 15) is 9.50 Å². The van der Waals surface area contributed by atoms with Crippen LogP contribution in [0.4, 0.5) is 4.39 Å². The zero-order chi connectivity index (χ0) is 18.3. The molecule has 3 atom stereocenters. The van der Waals surface area contributed by atoms with Crippen LogP contribution in [0.5, 0.6) is 0 Å². The van der Waals surface area contributed by atoms with Gasteiger partial charge in [-0.1, -0.05) is 18.6 Å². The molecular formula is C22H25FN2O. The zero-order valence-corrected chi connectivity index (χ0v) is 15.2. The second kappa shape index (κ2) is 6.51. The Morgan fingerprint density at radius 2 is 2.19 bits per heavy atom. The van der Waals surface area contributed by atoms with Crippen LogP contribution in [0.25, 0.3) is 11.8 Å². The van der Waals surface area contributed by atoms with E-state index < -0.39 is 0 Å². The zero-order valence-electron chi connectivity index (χ0n) is 15.2. The van der Waals surface area contributed by atoms with Gasteiger partial charge in [-0.15, -0.1) is 6.58 Å². The van der Waals surface area contributed by atoms with Crippen LogP contribution in [0.1, 0.15) is 43.9 Å². The number of aromatic nitrogens is 2. The molecule has 1 heterocycles. The summed E-state index contributed by atoms with van der Waals surface area (Å²) in [4.78, 5) is 0. The van der Waals surface area contributed by atoms with Crippen molar-refractivity contribution in [2.75, 3.05) is 0 Å². The highest BCUT2D eigenvalue weighted by Crippen LogP contribution is 2.54. The number of hydrogen-bond donors (Lipinski definition) is 1. The topological polar surface area (TPSA) is 38.1 Å². The summed E-state index contributed by atoms with van der Waals surface area (Å²) in [5.74, 6) is 0.0314. The second-order valence-corrected chi connectivity index (χ2v) is 7.79. The lowest BCUT2D eigenvalue weighted by molar-refractivity contribution is 0.0505. The molecule has 1 fully saturated rings. The van der Waals surface area contributed by atoms with Crippen molar-refractivity contribution in [1.29, 1.82) is 0 Å². The Morgan fingerprint density at radius 1 is 1.42 bits per heavy atom. The molecule has 26 heavy (non-hydrogen) atoms. The van der Waals surface area contributed by atoms with E-state index in [4.69, 9.17) is 0 Å². The molecule has 2 aromatic rings. The fraction of sp³-hybridized carbons (Fsp3) is 0.409. The van der Waals surface area contributed by atoms with Crippen molar-refractivity contribution in [3.8, 4) is 5.69 Å². The first-order valence-corrected chi connectivity index (χ1v) is 9.36. The summed E-state index contributed by atoms with van der Waals surface area (Å²) >= 11 is 0. The Bertz CT molecular complexity index is 852. The van der Waals surface area contributed by atoms with Crippen molar-refractivity contribution in [1.82, 2.24) is 9.78 Å². The van der Waals surface area contributed by atoms with Gasteiger partial charge in [-0.3, -0.25) is 0 Å². The number of hydrogen-bond acceptors (Lipinski definition) is 2. The Labute approximate surface area is 153 Å². The Balaban J connectivity index is 1.66. The van der Waals surface area contributed by atoms with E-state index in [1.807, 2.05) is 17.0 Å². The molecule has 1 aromatic heterocycles. The Kier molecular flexibility index (Phi) is 4.31. The molecule has 0 radical (unpaired) electrons. The summed E-state index contributed by atoms with van der Waals surface area (Å²) in [5, 5.41) is 15.3. The van der Waals surface area contributed by atoms with Crippen molar-refractivity contribution in [2.45, 2.75) is 45.1 Å². The van der Waals surface area contributed by atoms with Gasteiger partial charge in [0.05, 0.1) is 23.7 Å². The van der Waals surface area contributed by atoms with Crippen molar-refractivity contribution in [2.24, 2.45) is 11.3 Å². The van der Waals surface area contributed by atoms with Crippen LogP contribution in [0.2, 0.25) is 0 Å². The molecule has 0 saturated heterocycles. The van der Waals surface area contributed by atoms with E-state index in [0.717, 1.165) is 43.5 Å². The number of aliphatic hydroxyl groups is 1. The maximum atomic E-state index is 13.2. The lowest BCUT2D eigenvalue weighted by Crippen LogP contribution is -2.36. The van der Waals surface area contributed by atoms with E-state index in [2.05, 4.69) is 24.7 Å². The minimum atomic E-state index is -0.294. The van der Waals surface area contributed by atoms with Crippen molar-refractivity contribution in [3.05, 3.63) is 65.8 Å². The molecule has 136 valence electrons. The average molecular weight is 352 g/mol. The minimum Gasteiger partial charge on any atom is -0.393 e. The molecule has 2 aliphatic carbocycles. The van der Waals surface area contributed by atoms with Gasteiger partial charge in [-0.05, 0) is 79.3 Å². The number of nitrogens with zero attached hydrogens (tertiary/aromatic N) is 2. The van der Waals surface area contributed by atoms with E-state index in [1.54, 1.807) is 12.1 Å². The molecule has 4 rings (SSSR count). The van der Waals surface area contributed by atoms with Crippen LogP contribution >= 0.6 is 0 Å². The third-order valence-electron chi connectivity index (χ3n) is 6.23. The molecule has 1 saturated carbocycles. The van der Waals surface area contributed by atoms with Crippen LogP contribution in [-0.4, -0.2) is 21.0 Å². The van der Waals surface area contributed by atoms with Gasteiger partial charge in [-0.2, -0.15) is 5.10 Å². The van der Waals surface area contributed by atoms with Crippen LogP contribution in [0.15, 0.2) is 48.7 Å². The molecule has 2 aliphatic rings. The van der Waals surface area contributed by atoms with E-state index in [0.29, 0.717) is 0 Å². The van der Waals surface area contributed by atoms with Crippen molar-refractivity contribution < 1.29 is 9.50 Å². The first-order chi connectivity index (χ1) is 12.5. The molecular weight excluding hydrogens is 327 g/mol. The van der Waals surface area contributed by atoms with Gasteiger partial charge in [0.25, 0.3) is 0 Å². The monoisotopic (exact) mass is 352 g/mol. The van der Waals surface area contributed by atoms with E-state index in [1.165, 1.54) is 23.3 Å². The smallest absolute Gasteiger partial charge is 0.123 e. The molecule has 0 spiro atoms. The van der Waals surface area contributed by atoms with Gasteiger partial charge < -0.3 is 5.11 Å². The largest absolute Gasteiger partial charge is 0.393 e. The minimum absolute atomic E-state index is 0.00968. The fourth-order valence-corrected chi connectivity index (χ4v) is 4.77. The highest BCUT2D eigenvalue weighted by molar-refractivity contribution is 5.61. The SMILES string of the molecule is C=CCC[C@H](O)[C@H]1CCC2=Cc3c(cnn3-c3ccc(F)cc3)C[C@@]21C. The Hall–Kier alpha value is -2.20. The third kappa shape index (κ3) is 2.73. The van der Waals surface area contributed by atoms with Crippen LogP contribution < -0.4 is 0 Å². The molecule has 0 unspecified atom stereocenters. The van der Waals surface area contributed by atoms with E-state index in [-0.39, 0.29) is 23.3 Å². The summed E-state index contributed by atoms with van der Waals surface area (Å²) in [6.07, 6.45) is 10.3. The van der Waals surface area contributed by atoms with Gasteiger partial charge in [-0.25, -0.2) is 9.07 Å². The van der Waals surface area contributed by atoms with Crippen molar-refractivity contribution in [3.63, 3.8) is 0 Å². The Morgan fingerprint density at radius 3 is 2.92 bits per heavy atom. The number of rotatable bonds is 5. The third-order valence-corrected chi connectivity index (χ3v) is 6.23. The van der Waals surface area contributed by atoms with Gasteiger partial charge in [0, 0.05) is 0 Å². The van der Waals surface area contributed by atoms with Crippen LogP contribution in [0.3, 0.4) is 0 Å². The van der Waals surface area contributed by atoms with Gasteiger partial charge in [0.1, 0.15) is 5.82 Å². The summed E-state index contributed by atoms with van der Waals surface area (Å²) in [6.45, 7) is 6.05. The average Bonchev–Trinajstić information content (AvgIpc) is 3.18. The normalized spacial score (nSPS) is 25.3. The van der Waals surface area contributed by atoms with Gasteiger partial charge in [0.15, 0.2) is 0 Å². The molecule has 1 N–H and O–H groups in total. The van der Waals surface area contributed by atoms with E-state index >= 15 is 0 Å². The lowest BCUT2D eigenvalue weighted by Gasteiger charge is -2.38. The molecule has 1 aromatic carbocycles. The number of benzene rings is 1. The van der Waals surface area contributed by atoms with Crippen LogP contribution in [0, 0.1) is 17.2 Å². The summed E-state index contributed by atoms with van der Waals surface area (Å²) in [5.41, 5.74) is 4.54. The molecule has 4 heteroatoms. The maximum Gasteiger partial charge on any atom is 0.123 e. The highest BCUT2D eigenvalue weighted by Gasteiger charge is 2.47. The number of allylic oxidation sites excluding steroid dienone is 2. The van der Waals surface area contributed by atoms with Gasteiger partial charge >= 0.3 is 0 Å². The first kappa shape index (κ1) is 17.2. The highest BCUT2D eigenvalue weighted by atomic mass is 19.1. The predicted octanol–water partition coefficient (Wildman–Crippen LogP) is 4.69. The summed E-state index contributed by atoms with van der Waals surface area (Å²) in [7, 11) is 0. The number of fused-ring (bicyclic) bond motifs is 2. The maximum absolute atomic E-state index is 13.2. The van der Waals surface area contributed by atoms with Gasteiger partial charge in [0.2, 0.25) is 0 Å². The lowest BCUT2D eigenvalue weighted by atomic mass is 9.67. The molecule has 0 amide bonds. The first-order valence-electron chi connectivity index (χ1n) is 9.36. The van der Waals surface area contributed by atoms with Crippen molar-refractivity contribution >= 4 is 6.08 Å². The number of aliphatic hydroxyl groups excluding tert-OH is 1. The molecule has 0 bridgehead atoms. The summed E-state index contributed by atoms with van der Waals surface area (Å²) in [6, 6.07) is 6.44. The quantitative estimate of drug-likeness (QED) is 0.793. The predicted molar refractivity (Wildman–Crippen MR) is 101 cm³/mol. The number of halogens is 1. The molecule has 3 nitrogen and oxygen atoms in total. The fourth-order valence-electron chi connectivity index (χ4n) is 4.77. The molecule has 0 aliphatic heterocycles.